The highest BCUT2D eigenvalue weighted by Gasteiger charge is 2.49. The van der Waals surface area contributed by atoms with Crippen LogP contribution in [0.4, 0.5) is 0 Å². The highest BCUT2D eigenvalue weighted by atomic mass is 35.5. The molecule has 2 rings (SSSR count). The Morgan fingerprint density at radius 2 is 2.14 bits per heavy atom. The molecule has 1 N–H and O–H groups in total. The third-order valence-electron chi connectivity index (χ3n) is 3.84. The summed E-state index contributed by atoms with van der Waals surface area (Å²) in [6.45, 7) is 2.31. The van der Waals surface area contributed by atoms with Crippen molar-refractivity contribution in [3.63, 3.8) is 0 Å². The summed E-state index contributed by atoms with van der Waals surface area (Å²) in [4.78, 5) is 29.7. The summed E-state index contributed by atoms with van der Waals surface area (Å²) >= 11 is 11.7. The molecule has 0 aliphatic carbocycles. The molecule has 0 spiro atoms. The fourth-order valence-electron chi connectivity index (χ4n) is 2.89. The lowest BCUT2D eigenvalue weighted by molar-refractivity contribution is -0.148. The van der Waals surface area contributed by atoms with Gasteiger partial charge in [-0.1, -0.05) is 36.5 Å². The van der Waals surface area contributed by atoms with Gasteiger partial charge in [0.2, 0.25) is 0 Å². The molecular weight excluding hydrogens is 315 g/mol. The van der Waals surface area contributed by atoms with Gasteiger partial charge < -0.3 is 10.0 Å². The second-order valence-electron chi connectivity index (χ2n) is 5.12. The van der Waals surface area contributed by atoms with Crippen LogP contribution in [0.5, 0.6) is 0 Å². The Hall–Kier alpha value is -1.33. The molecule has 0 bridgehead atoms. The highest BCUT2D eigenvalue weighted by molar-refractivity contribution is 6.34. The van der Waals surface area contributed by atoms with Crippen LogP contribution in [0.3, 0.4) is 0 Å². The number of nitrogens with zero attached hydrogens (tertiary/aromatic N) is 2. The minimum absolute atomic E-state index is 0.00446. The maximum atomic E-state index is 12.7. The maximum absolute atomic E-state index is 12.7. The van der Waals surface area contributed by atoms with Gasteiger partial charge in [-0.3, -0.25) is 4.79 Å². The number of carbonyl (C=O) groups is 2. The summed E-state index contributed by atoms with van der Waals surface area (Å²) < 4.78 is 0. The van der Waals surface area contributed by atoms with Crippen LogP contribution in [0, 0.1) is 0 Å². The van der Waals surface area contributed by atoms with Gasteiger partial charge in [0.25, 0.3) is 5.91 Å². The Bertz CT molecular complexity index is 579. The molecule has 7 heteroatoms. The maximum Gasteiger partial charge on any atom is 0.329 e. The van der Waals surface area contributed by atoms with Crippen molar-refractivity contribution in [2.75, 3.05) is 6.54 Å². The topological polar surface area (TPSA) is 70.5 Å². The largest absolute Gasteiger partial charge is 0.479 e. The van der Waals surface area contributed by atoms with Crippen LogP contribution >= 0.6 is 23.2 Å². The predicted molar refractivity (Wildman–Crippen MR) is 79.8 cm³/mol. The van der Waals surface area contributed by atoms with Crippen molar-refractivity contribution in [3.05, 3.63) is 28.0 Å². The number of pyridine rings is 1. The lowest BCUT2D eigenvalue weighted by atomic mass is 9.90. The molecule has 2 heterocycles. The van der Waals surface area contributed by atoms with Gasteiger partial charge in [-0.05, 0) is 31.4 Å². The van der Waals surface area contributed by atoms with Gasteiger partial charge in [-0.2, -0.15) is 0 Å². The molecule has 114 valence electrons. The van der Waals surface area contributed by atoms with Crippen LogP contribution in [0.1, 0.15) is 43.0 Å². The number of hydrogen-bond acceptors (Lipinski definition) is 3. The van der Waals surface area contributed by atoms with Gasteiger partial charge in [0.05, 0.1) is 5.56 Å². The standard InChI is InChI=1S/C14H16Cl2N2O3/c1-2-6-14(13(20)21)7-3-8-18(14)12(19)9-4-5-10(15)17-11(9)16/h4-5H,2-3,6-8H2,1H3,(H,20,21). The minimum atomic E-state index is -1.14. The normalized spacial score (nSPS) is 21.6. The van der Waals surface area contributed by atoms with E-state index < -0.39 is 17.4 Å². The molecule has 1 aromatic rings. The van der Waals surface area contributed by atoms with E-state index in [4.69, 9.17) is 23.2 Å². The smallest absolute Gasteiger partial charge is 0.329 e. The second-order valence-corrected chi connectivity index (χ2v) is 5.86. The number of carbonyl (C=O) groups excluding carboxylic acids is 1. The van der Waals surface area contributed by atoms with E-state index >= 15 is 0 Å². The highest BCUT2D eigenvalue weighted by Crippen LogP contribution is 2.36. The zero-order valence-electron chi connectivity index (χ0n) is 11.6. The molecular formula is C14H16Cl2N2O3. The number of carboxylic acids is 1. The van der Waals surface area contributed by atoms with Crippen molar-refractivity contribution in [2.24, 2.45) is 0 Å². The van der Waals surface area contributed by atoms with Crippen LogP contribution in [0.15, 0.2) is 12.1 Å². The van der Waals surface area contributed by atoms with Crippen molar-refractivity contribution in [2.45, 2.75) is 38.1 Å². The van der Waals surface area contributed by atoms with Crippen molar-refractivity contribution in [3.8, 4) is 0 Å². The number of hydrogen-bond donors (Lipinski definition) is 1. The molecule has 21 heavy (non-hydrogen) atoms. The second kappa shape index (κ2) is 6.20. The number of amides is 1. The molecule has 1 fully saturated rings. The molecule has 1 aliphatic heterocycles. The first kappa shape index (κ1) is 16.0. The Labute approximate surface area is 132 Å². The molecule has 0 radical (unpaired) electrons. The van der Waals surface area contributed by atoms with Crippen LogP contribution in [0.25, 0.3) is 0 Å². The van der Waals surface area contributed by atoms with E-state index in [1.165, 1.54) is 17.0 Å². The Morgan fingerprint density at radius 1 is 1.43 bits per heavy atom. The predicted octanol–water partition coefficient (Wildman–Crippen LogP) is 3.25. The van der Waals surface area contributed by atoms with Gasteiger partial charge >= 0.3 is 5.97 Å². The molecule has 1 aromatic heterocycles. The molecule has 5 nitrogen and oxygen atoms in total. The number of aliphatic carboxylic acids is 1. The Morgan fingerprint density at radius 3 is 2.71 bits per heavy atom. The molecule has 1 amide bonds. The summed E-state index contributed by atoms with van der Waals surface area (Å²) in [5.74, 6) is -1.37. The quantitative estimate of drug-likeness (QED) is 0.860. The van der Waals surface area contributed by atoms with E-state index in [2.05, 4.69) is 4.98 Å². The van der Waals surface area contributed by atoms with Crippen molar-refractivity contribution in [1.29, 1.82) is 0 Å². The minimum Gasteiger partial charge on any atom is -0.479 e. The SMILES string of the molecule is CCCC1(C(=O)O)CCCN1C(=O)c1ccc(Cl)nc1Cl. The molecule has 0 saturated carbocycles. The third kappa shape index (κ3) is 2.85. The lowest BCUT2D eigenvalue weighted by Gasteiger charge is -2.34. The fraction of sp³-hybridized carbons (Fsp3) is 0.500. The van der Waals surface area contributed by atoms with Gasteiger partial charge in [0.15, 0.2) is 0 Å². The zero-order valence-corrected chi connectivity index (χ0v) is 13.1. The average molecular weight is 331 g/mol. The van der Waals surface area contributed by atoms with Gasteiger partial charge in [-0.25, -0.2) is 9.78 Å². The van der Waals surface area contributed by atoms with Gasteiger partial charge in [0, 0.05) is 6.54 Å². The van der Waals surface area contributed by atoms with Gasteiger partial charge in [-0.15, -0.1) is 0 Å². The van der Waals surface area contributed by atoms with E-state index in [9.17, 15) is 14.7 Å². The monoisotopic (exact) mass is 330 g/mol. The first-order chi connectivity index (χ1) is 9.92. The summed E-state index contributed by atoms with van der Waals surface area (Å²) in [5.41, 5.74) is -0.959. The number of carboxylic acid groups (broad SMARTS) is 1. The molecule has 1 unspecified atom stereocenters. The Balaban J connectivity index is 2.39. The molecule has 1 atom stereocenters. The first-order valence-corrected chi connectivity index (χ1v) is 7.55. The number of likely N-dealkylation sites (tertiary alicyclic amines) is 1. The van der Waals surface area contributed by atoms with E-state index in [1.807, 2.05) is 6.92 Å². The molecule has 0 aromatic carbocycles. The molecule has 1 aliphatic rings. The van der Waals surface area contributed by atoms with Crippen molar-refractivity contribution in [1.82, 2.24) is 9.88 Å². The van der Waals surface area contributed by atoms with E-state index in [0.29, 0.717) is 32.2 Å². The number of rotatable bonds is 4. The third-order valence-corrected chi connectivity index (χ3v) is 4.34. The van der Waals surface area contributed by atoms with Crippen LogP contribution in [-0.2, 0) is 4.79 Å². The number of halogens is 2. The van der Waals surface area contributed by atoms with Crippen molar-refractivity contribution >= 4 is 35.1 Å². The van der Waals surface area contributed by atoms with Crippen LogP contribution in [-0.4, -0.2) is 39.0 Å². The lowest BCUT2D eigenvalue weighted by Crippen LogP contribution is -2.53. The summed E-state index contributed by atoms with van der Waals surface area (Å²) in [6.07, 6.45) is 2.23. The molecule has 1 saturated heterocycles. The van der Waals surface area contributed by atoms with Crippen LogP contribution in [0.2, 0.25) is 10.3 Å². The zero-order chi connectivity index (χ0) is 15.6. The van der Waals surface area contributed by atoms with Crippen molar-refractivity contribution < 1.29 is 14.7 Å². The first-order valence-electron chi connectivity index (χ1n) is 6.80. The van der Waals surface area contributed by atoms with Gasteiger partial charge in [0.1, 0.15) is 15.8 Å². The summed E-state index contributed by atoms with van der Waals surface area (Å²) in [6, 6.07) is 2.95. The van der Waals surface area contributed by atoms with Crippen LogP contribution < -0.4 is 0 Å². The number of aromatic nitrogens is 1. The fourth-order valence-corrected chi connectivity index (χ4v) is 3.32. The van der Waals surface area contributed by atoms with E-state index in [0.717, 1.165) is 0 Å². The average Bonchev–Trinajstić information content (AvgIpc) is 2.83. The van der Waals surface area contributed by atoms with E-state index in [-0.39, 0.29) is 15.9 Å². The summed E-state index contributed by atoms with van der Waals surface area (Å²) in [5, 5.41) is 9.80. The van der Waals surface area contributed by atoms with E-state index in [1.54, 1.807) is 0 Å². The summed E-state index contributed by atoms with van der Waals surface area (Å²) in [7, 11) is 0. The Kier molecular flexibility index (Phi) is 4.74.